The molecule has 0 unspecified atom stereocenters. The van der Waals surface area contributed by atoms with Crippen LogP contribution in [-0.4, -0.2) is 16.2 Å². The molecule has 0 atom stereocenters. The number of rotatable bonds is 4. The number of nitrogens with one attached hydrogen (secondary N) is 1. The molecule has 0 spiro atoms. The molecule has 96 valence electrons. The molecule has 1 aromatic heterocycles. The van der Waals surface area contributed by atoms with Crippen LogP contribution in [0.25, 0.3) is 11.5 Å². The molecule has 0 saturated carbocycles. The van der Waals surface area contributed by atoms with Crippen molar-refractivity contribution in [3.05, 3.63) is 34.9 Å². The summed E-state index contributed by atoms with van der Waals surface area (Å²) in [5, 5.41) is 10.8. The summed E-state index contributed by atoms with van der Waals surface area (Å²) in [4.78, 5) is 0. The van der Waals surface area contributed by atoms with E-state index in [4.69, 9.17) is 16.0 Å². The summed E-state index contributed by atoms with van der Waals surface area (Å²) < 4.78 is 19.1. The van der Waals surface area contributed by atoms with Gasteiger partial charge >= 0.3 is 0 Å². The molecule has 4 nitrogen and oxygen atoms in total. The minimum atomic E-state index is -0.550. The molecule has 1 aromatic carbocycles. The molecule has 2 rings (SSSR count). The third-order valence-electron chi connectivity index (χ3n) is 2.31. The number of halogens is 2. The Hall–Kier alpha value is -1.46. The summed E-state index contributed by atoms with van der Waals surface area (Å²) in [5.74, 6) is -0.000169. The third-order valence-corrected chi connectivity index (χ3v) is 2.60. The molecule has 6 heteroatoms. The SMILES string of the molecule is CC(C)NCc1nnc(-c2cccc(Cl)c2F)o1. The predicted molar refractivity (Wildman–Crippen MR) is 66.7 cm³/mol. The van der Waals surface area contributed by atoms with Crippen LogP contribution in [0.5, 0.6) is 0 Å². The summed E-state index contributed by atoms with van der Waals surface area (Å²) >= 11 is 5.70. The van der Waals surface area contributed by atoms with E-state index >= 15 is 0 Å². The molecular formula is C12H13ClFN3O. The Bertz CT molecular complexity index is 542. The fraction of sp³-hybridized carbons (Fsp3) is 0.333. The lowest BCUT2D eigenvalue weighted by Gasteiger charge is -2.03. The molecule has 0 aliphatic heterocycles. The van der Waals surface area contributed by atoms with Crippen molar-refractivity contribution in [1.29, 1.82) is 0 Å². The van der Waals surface area contributed by atoms with Crippen LogP contribution in [0.3, 0.4) is 0 Å². The van der Waals surface area contributed by atoms with Gasteiger partial charge in [0.25, 0.3) is 5.89 Å². The van der Waals surface area contributed by atoms with E-state index in [9.17, 15) is 4.39 Å². The van der Waals surface area contributed by atoms with E-state index in [-0.39, 0.29) is 16.5 Å². The quantitative estimate of drug-likeness (QED) is 0.927. The van der Waals surface area contributed by atoms with Gasteiger partial charge in [-0.15, -0.1) is 10.2 Å². The highest BCUT2D eigenvalue weighted by molar-refractivity contribution is 6.31. The number of benzene rings is 1. The molecule has 0 fully saturated rings. The lowest BCUT2D eigenvalue weighted by atomic mass is 10.2. The van der Waals surface area contributed by atoms with Gasteiger partial charge < -0.3 is 9.73 Å². The largest absolute Gasteiger partial charge is 0.419 e. The molecule has 1 heterocycles. The molecule has 0 saturated heterocycles. The zero-order valence-electron chi connectivity index (χ0n) is 10.1. The van der Waals surface area contributed by atoms with Gasteiger partial charge in [-0.05, 0) is 12.1 Å². The maximum absolute atomic E-state index is 13.7. The number of hydrogen-bond donors (Lipinski definition) is 1. The van der Waals surface area contributed by atoms with E-state index in [1.165, 1.54) is 6.07 Å². The van der Waals surface area contributed by atoms with Crippen molar-refractivity contribution in [2.75, 3.05) is 0 Å². The van der Waals surface area contributed by atoms with E-state index in [1.54, 1.807) is 12.1 Å². The van der Waals surface area contributed by atoms with Crippen LogP contribution < -0.4 is 5.32 Å². The van der Waals surface area contributed by atoms with Crippen LogP contribution in [0.2, 0.25) is 5.02 Å². The van der Waals surface area contributed by atoms with Gasteiger partial charge in [0.2, 0.25) is 5.89 Å². The predicted octanol–water partition coefficient (Wildman–Crippen LogP) is 3.03. The van der Waals surface area contributed by atoms with Crippen molar-refractivity contribution in [2.45, 2.75) is 26.4 Å². The zero-order chi connectivity index (χ0) is 13.1. The smallest absolute Gasteiger partial charge is 0.250 e. The van der Waals surface area contributed by atoms with Gasteiger partial charge in [0.05, 0.1) is 17.1 Å². The van der Waals surface area contributed by atoms with Crippen molar-refractivity contribution in [1.82, 2.24) is 15.5 Å². The molecule has 0 bridgehead atoms. The maximum Gasteiger partial charge on any atom is 0.250 e. The number of nitrogens with zero attached hydrogens (tertiary/aromatic N) is 2. The second-order valence-electron chi connectivity index (χ2n) is 4.14. The van der Waals surface area contributed by atoms with E-state index in [1.807, 2.05) is 13.8 Å². The van der Waals surface area contributed by atoms with Crippen LogP contribution in [0.1, 0.15) is 19.7 Å². The van der Waals surface area contributed by atoms with Gasteiger partial charge in [0.15, 0.2) is 5.82 Å². The van der Waals surface area contributed by atoms with Crippen molar-refractivity contribution in [3.8, 4) is 11.5 Å². The first-order chi connectivity index (χ1) is 8.58. The van der Waals surface area contributed by atoms with Crippen molar-refractivity contribution >= 4 is 11.6 Å². The van der Waals surface area contributed by atoms with Gasteiger partial charge in [-0.2, -0.15) is 0 Å². The van der Waals surface area contributed by atoms with Gasteiger partial charge in [-0.1, -0.05) is 31.5 Å². The van der Waals surface area contributed by atoms with Crippen molar-refractivity contribution in [2.24, 2.45) is 0 Å². The summed E-state index contributed by atoms with van der Waals surface area (Å²) in [6, 6.07) is 4.96. The summed E-state index contributed by atoms with van der Waals surface area (Å²) in [7, 11) is 0. The fourth-order valence-electron chi connectivity index (χ4n) is 1.39. The number of aromatic nitrogens is 2. The first-order valence-electron chi connectivity index (χ1n) is 5.58. The fourth-order valence-corrected chi connectivity index (χ4v) is 1.57. The Morgan fingerprint density at radius 3 is 2.89 bits per heavy atom. The molecular weight excluding hydrogens is 257 g/mol. The summed E-state index contributed by atoms with van der Waals surface area (Å²) in [5.41, 5.74) is 0.214. The van der Waals surface area contributed by atoms with Gasteiger partial charge in [-0.25, -0.2) is 4.39 Å². The first-order valence-corrected chi connectivity index (χ1v) is 5.96. The number of hydrogen-bond acceptors (Lipinski definition) is 4. The van der Waals surface area contributed by atoms with Crippen LogP contribution >= 0.6 is 11.6 Å². The van der Waals surface area contributed by atoms with Gasteiger partial charge in [-0.3, -0.25) is 0 Å². The van der Waals surface area contributed by atoms with Crippen LogP contribution in [0, 0.1) is 5.82 Å². The Balaban J connectivity index is 2.21. The van der Waals surface area contributed by atoms with Crippen LogP contribution in [0.15, 0.2) is 22.6 Å². The Morgan fingerprint density at radius 2 is 2.17 bits per heavy atom. The summed E-state index contributed by atoms with van der Waals surface area (Å²) in [6.07, 6.45) is 0. The minimum Gasteiger partial charge on any atom is -0.419 e. The molecule has 0 radical (unpaired) electrons. The normalized spacial score (nSPS) is 11.2. The average Bonchev–Trinajstić information content (AvgIpc) is 2.78. The van der Waals surface area contributed by atoms with Gasteiger partial charge in [0, 0.05) is 6.04 Å². The van der Waals surface area contributed by atoms with Gasteiger partial charge in [0.1, 0.15) is 0 Å². The molecule has 2 aromatic rings. The molecule has 0 aliphatic carbocycles. The van der Waals surface area contributed by atoms with Crippen molar-refractivity contribution in [3.63, 3.8) is 0 Å². The van der Waals surface area contributed by atoms with E-state index in [2.05, 4.69) is 15.5 Å². The monoisotopic (exact) mass is 269 g/mol. The Morgan fingerprint density at radius 1 is 1.39 bits per heavy atom. The lowest BCUT2D eigenvalue weighted by Crippen LogP contribution is -2.21. The topological polar surface area (TPSA) is 51.0 Å². The van der Waals surface area contributed by atoms with E-state index in [0.29, 0.717) is 18.5 Å². The molecule has 0 amide bonds. The van der Waals surface area contributed by atoms with Crippen molar-refractivity contribution < 1.29 is 8.81 Å². The Kier molecular flexibility index (Phi) is 3.93. The Labute approximate surface area is 109 Å². The first kappa shape index (κ1) is 13.0. The van der Waals surface area contributed by atoms with E-state index in [0.717, 1.165) is 0 Å². The molecule has 0 aliphatic rings. The maximum atomic E-state index is 13.7. The zero-order valence-corrected chi connectivity index (χ0v) is 10.8. The highest BCUT2D eigenvalue weighted by Crippen LogP contribution is 2.26. The second kappa shape index (κ2) is 5.46. The highest BCUT2D eigenvalue weighted by atomic mass is 35.5. The van der Waals surface area contributed by atoms with Crippen LogP contribution in [0.4, 0.5) is 4.39 Å². The average molecular weight is 270 g/mol. The highest BCUT2D eigenvalue weighted by Gasteiger charge is 2.14. The van der Waals surface area contributed by atoms with Crippen LogP contribution in [-0.2, 0) is 6.54 Å². The third kappa shape index (κ3) is 2.86. The lowest BCUT2D eigenvalue weighted by molar-refractivity contribution is 0.457. The molecule has 1 N–H and O–H groups in total. The summed E-state index contributed by atoms with van der Waals surface area (Å²) in [6.45, 7) is 4.47. The minimum absolute atomic E-state index is 0.0348. The molecule has 18 heavy (non-hydrogen) atoms. The standard InChI is InChI=1S/C12H13ClFN3O/c1-7(2)15-6-10-16-17-12(18-10)8-4-3-5-9(13)11(8)14/h3-5,7,15H,6H2,1-2H3. The second-order valence-corrected chi connectivity index (χ2v) is 4.55. The van der Waals surface area contributed by atoms with E-state index < -0.39 is 5.82 Å².